The summed E-state index contributed by atoms with van der Waals surface area (Å²) in [6.45, 7) is 1.50. The first-order chi connectivity index (χ1) is 12.2. The third kappa shape index (κ3) is 8.24. The van der Waals surface area contributed by atoms with E-state index in [0.717, 1.165) is 25.7 Å². The number of hydrogen-bond acceptors (Lipinski definition) is 6. The van der Waals surface area contributed by atoms with Crippen LogP contribution in [0.25, 0.3) is 0 Å². The summed E-state index contributed by atoms with van der Waals surface area (Å²) in [5.41, 5.74) is -1.51. The maximum absolute atomic E-state index is 11.0. The molecule has 0 amide bonds. The van der Waals surface area contributed by atoms with Crippen LogP contribution in [0.2, 0.25) is 0 Å². The van der Waals surface area contributed by atoms with Gasteiger partial charge < -0.3 is 10.1 Å². The van der Waals surface area contributed by atoms with Crippen molar-refractivity contribution in [3.05, 3.63) is 0 Å². The van der Waals surface area contributed by atoms with Gasteiger partial charge in [-0.25, -0.2) is 4.79 Å². The van der Waals surface area contributed by atoms with Crippen molar-refractivity contribution in [2.75, 3.05) is 7.05 Å². The predicted molar refractivity (Wildman–Crippen MR) is 108 cm³/mol. The van der Waals surface area contributed by atoms with E-state index in [2.05, 4.69) is 22.0 Å². The molecule has 156 valence electrons. The number of nitrogens with zero attached hydrogens (tertiary/aromatic N) is 1. The Morgan fingerprint density at radius 1 is 1.04 bits per heavy atom. The van der Waals surface area contributed by atoms with Crippen LogP contribution in [0, 0.1) is 0 Å². The minimum atomic E-state index is -0.873. The zero-order valence-corrected chi connectivity index (χ0v) is 18.1. The fourth-order valence-corrected chi connectivity index (χ4v) is 4.44. The molecule has 5 atom stereocenters. The molecule has 6 nitrogen and oxygen atoms in total. The lowest BCUT2D eigenvalue weighted by atomic mass is 10.0. The molecule has 4 aliphatic heterocycles. The Morgan fingerprint density at radius 2 is 1.48 bits per heavy atom. The largest absolute Gasteiger partial charge is 0.434 e. The molecule has 1 N–H and O–H groups in total. The summed E-state index contributed by atoms with van der Waals surface area (Å²) in [7, 11) is 2.15. The first-order valence-corrected chi connectivity index (χ1v) is 10.1. The van der Waals surface area contributed by atoms with Crippen molar-refractivity contribution in [3.63, 3.8) is 0 Å². The first kappa shape index (κ1) is 24.6. The van der Waals surface area contributed by atoms with Crippen LogP contribution >= 0.6 is 35.6 Å². The number of halogens is 3. The Morgan fingerprint density at radius 3 is 1.85 bits per heavy atom. The molecule has 4 rings (SSSR count). The second kappa shape index (κ2) is 11.6. The number of ketones is 2. The van der Waals surface area contributed by atoms with Gasteiger partial charge in [0.2, 0.25) is 0 Å². The molecule has 0 spiro atoms. The smallest absolute Gasteiger partial charge is 0.405 e. The number of Topliss-reactive ketones (excluding diaryl/α,β-unsaturated/α-hetero) is 2. The Labute approximate surface area is 177 Å². The van der Waals surface area contributed by atoms with Crippen LogP contribution in [-0.2, 0) is 14.3 Å². The second-order valence-corrected chi connectivity index (χ2v) is 8.40. The third-order valence-electron chi connectivity index (χ3n) is 5.45. The highest BCUT2D eigenvalue weighted by Crippen LogP contribution is 2.31. The monoisotopic (exact) mass is 442 g/mol. The molecule has 4 aliphatic rings. The van der Waals surface area contributed by atoms with Crippen molar-refractivity contribution < 1.29 is 19.1 Å². The van der Waals surface area contributed by atoms with Gasteiger partial charge in [-0.1, -0.05) is 11.6 Å². The third-order valence-corrected chi connectivity index (χ3v) is 5.63. The predicted octanol–water partition coefficient (Wildman–Crippen LogP) is 3.65. The van der Waals surface area contributed by atoms with Gasteiger partial charge in [-0.3, -0.25) is 14.5 Å². The number of alkyl halides is 1. The Bertz CT molecular complexity index is 503. The van der Waals surface area contributed by atoms with Gasteiger partial charge in [-0.15, -0.1) is 12.4 Å². The molecule has 9 heteroatoms. The highest BCUT2D eigenvalue weighted by atomic mass is 35.5. The van der Waals surface area contributed by atoms with Crippen LogP contribution in [0.3, 0.4) is 0 Å². The molecular formula is C18H29Cl3N2O4. The SMILES string of the molecule is CC(Cl)OC(=O)Cl.CN1C2CCC1CC(=O)C2.Cl.O=C1CC2CCC(C1)N2. The van der Waals surface area contributed by atoms with Crippen LogP contribution in [0.1, 0.15) is 58.3 Å². The maximum atomic E-state index is 11.0. The Kier molecular flexibility index (Phi) is 10.6. The van der Waals surface area contributed by atoms with Gasteiger partial charge >= 0.3 is 5.43 Å². The number of fused-ring (bicyclic) bond motifs is 4. The van der Waals surface area contributed by atoms with Crippen molar-refractivity contribution in [1.82, 2.24) is 10.2 Å². The Hall–Kier alpha value is -0.400. The summed E-state index contributed by atoms with van der Waals surface area (Å²) in [5, 5.41) is 3.40. The van der Waals surface area contributed by atoms with Crippen molar-refractivity contribution >= 4 is 52.6 Å². The standard InChI is InChI=1S/C8H13NO.C7H11NO.C3H4Cl2O2.ClH/c1-9-6-2-3-7(9)5-8(10)4-6;9-7-3-5-1-2-6(4-7)8-5;1-2(4)7-3(5)6;/h6-7H,2-5H2,1H3;5-6,8H,1-4H2;2H,1H3;1H. The van der Waals surface area contributed by atoms with Crippen molar-refractivity contribution in [2.24, 2.45) is 0 Å². The molecule has 0 radical (unpaired) electrons. The zero-order valence-electron chi connectivity index (χ0n) is 15.8. The molecule has 4 bridgehead atoms. The summed E-state index contributed by atoms with van der Waals surface area (Å²) in [6, 6.07) is 2.25. The number of ether oxygens (including phenoxy) is 1. The zero-order chi connectivity index (χ0) is 19.3. The molecule has 0 aromatic heterocycles. The van der Waals surface area contributed by atoms with Crippen molar-refractivity contribution in [2.45, 2.75) is 88.0 Å². The van der Waals surface area contributed by atoms with Crippen LogP contribution < -0.4 is 5.32 Å². The highest BCUT2D eigenvalue weighted by molar-refractivity contribution is 6.61. The van der Waals surface area contributed by atoms with Crippen LogP contribution in [-0.4, -0.2) is 58.7 Å². The summed E-state index contributed by atoms with van der Waals surface area (Å²) < 4.78 is 4.14. The van der Waals surface area contributed by atoms with E-state index >= 15 is 0 Å². The van der Waals surface area contributed by atoms with Gasteiger partial charge in [0.15, 0.2) is 5.56 Å². The molecule has 4 saturated heterocycles. The van der Waals surface area contributed by atoms with E-state index in [0.29, 0.717) is 35.7 Å². The van der Waals surface area contributed by atoms with E-state index in [9.17, 15) is 14.4 Å². The lowest BCUT2D eigenvalue weighted by Crippen LogP contribution is -2.39. The fourth-order valence-electron chi connectivity index (χ4n) is 4.18. The van der Waals surface area contributed by atoms with E-state index in [1.54, 1.807) is 0 Å². The first-order valence-electron chi connectivity index (χ1n) is 9.26. The molecular weight excluding hydrogens is 415 g/mol. The molecule has 5 unspecified atom stereocenters. The Balaban J connectivity index is 0.000000203. The number of rotatable bonds is 1. The van der Waals surface area contributed by atoms with Gasteiger partial charge in [0.1, 0.15) is 11.6 Å². The lowest BCUT2D eigenvalue weighted by Gasteiger charge is -2.29. The fraction of sp³-hybridized carbons (Fsp3) is 0.833. The molecule has 27 heavy (non-hydrogen) atoms. The molecule has 4 fully saturated rings. The molecule has 0 aromatic carbocycles. The summed E-state index contributed by atoms with van der Waals surface area (Å²) in [5.74, 6) is 0.937. The van der Waals surface area contributed by atoms with Gasteiger partial charge in [0, 0.05) is 61.5 Å². The van der Waals surface area contributed by atoms with Crippen molar-refractivity contribution in [1.29, 1.82) is 0 Å². The highest BCUT2D eigenvalue weighted by Gasteiger charge is 2.37. The van der Waals surface area contributed by atoms with Gasteiger partial charge in [0.25, 0.3) is 0 Å². The van der Waals surface area contributed by atoms with Gasteiger partial charge in [0.05, 0.1) is 0 Å². The van der Waals surface area contributed by atoms with E-state index < -0.39 is 11.0 Å². The number of nitrogens with one attached hydrogen (secondary N) is 1. The quantitative estimate of drug-likeness (QED) is 0.492. The molecule has 0 aliphatic carbocycles. The average Bonchev–Trinajstić information content (AvgIpc) is 2.95. The van der Waals surface area contributed by atoms with Gasteiger partial charge in [-0.2, -0.15) is 0 Å². The minimum Gasteiger partial charge on any atom is -0.434 e. The van der Waals surface area contributed by atoms with E-state index in [1.807, 2.05) is 0 Å². The van der Waals surface area contributed by atoms with Crippen LogP contribution in [0.5, 0.6) is 0 Å². The average molecular weight is 444 g/mol. The minimum absolute atomic E-state index is 0. The summed E-state index contributed by atoms with van der Waals surface area (Å²) >= 11 is 9.87. The van der Waals surface area contributed by atoms with Crippen LogP contribution in [0.4, 0.5) is 4.79 Å². The topological polar surface area (TPSA) is 75.7 Å². The number of piperidine rings is 2. The van der Waals surface area contributed by atoms with E-state index in [4.69, 9.17) is 23.2 Å². The second-order valence-electron chi connectivity index (χ2n) is 7.48. The molecule has 0 saturated carbocycles. The number of carbonyl (C=O) groups is 3. The summed E-state index contributed by atoms with van der Waals surface area (Å²) in [4.78, 5) is 34.0. The molecule has 4 heterocycles. The van der Waals surface area contributed by atoms with E-state index in [-0.39, 0.29) is 12.4 Å². The normalized spacial score (nSPS) is 32.3. The van der Waals surface area contributed by atoms with E-state index in [1.165, 1.54) is 32.6 Å². The van der Waals surface area contributed by atoms with Crippen molar-refractivity contribution in [3.8, 4) is 0 Å². The maximum Gasteiger partial charge on any atom is 0.405 e. The number of hydrogen-bond donors (Lipinski definition) is 1. The van der Waals surface area contributed by atoms with Crippen LogP contribution in [0.15, 0.2) is 0 Å². The summed E-state index contributed by atoms with van der Waals surface area (Å²) in [6.07, 6.45) is 8.12. The lowest BCUT2D eigenvalue weighted by molar-refractivity contribution is -0.123. The van der Waals surface area contributed by atoms with Gasteiger partial charge in [-0.05, 0) is 39.7 Å². The number of carbonyl (C=O) groups excluding carboxylic acids is 3. The molecule has 0 aromatic rings.